The van der Waals surface area contributed by atoms with Crippen LogP contribution in [0.15, 0.2) is 47.9 Å². The van der Waals surface area contributed by atoms with Crippen LogP contribution in [-0.4, -0.2) is 54.6 Å². The van der Waals surface area contributed by atoms with Gasteiger partial charge in [0.15, 0.2) is 17.2 Å². The Morgan fingerprint density at radius 3 is 2.55 bits per heavy atom. The van der Waals surface area contributed by atoms with Crippen molar-refractivity contribution in [1.29, 1.82) is 0 Å². The van der Waals surface area contributed by atoms with Crippen LogP contribution in [0.25, 0.3) is 11.3 Å². The van der Waals surface area contributed by atoms with Crippen LogP contribution in [0.3, 0.4) is 0 Å². The first-order valence-electron chi connectivity index (χ1n) is 10.6. The van der Waals surface area contributed by atoms with Crippen molar-refractivity contribution in [3.05, 3.63) is 59.0 Å². The molecule has 0 aliphatic heterocycles. The van der Waals surface area contributed by atoms with Crippen LogP contribution in [0.2, 0.25) is 0 Å². The van der Waals surface area contributed by atoms with Gasteiger partial charge in [-0.1, -0.05) is 6.07 Å². The highest BCUT2D eigenvalue weighted by Gasteiger charge is 2.62. The lowest BCUT2D eigenvalue weighted by molar-refractivity contribution is -0.167. The molecule has 3 aliphatic carbocycles. The van der Waals surface area contributed by atoms with Crippen molar-refractivity contribution in [3.63, 3.8) is 0 Å². The number of ketones is 2. The fraction of sp³-hybridized carbons (Fsp3) is 0.333. The maximum Gasteiger partial charge on any atom is 0.230 e. The number of Topliss-reactive ketones (excluding diaryl/α,β-unsaturated/α-hetero) is 2. The van der Waals surface area contributed by atoms with E-state index < -0.39 is 52.7 Å². The molecule has 3 aliphatic rings. The Morgan fingerprint density at radius 1 is 1.12 bits per heavy atom. The number of rotatable bonds is 2. The Hall–Kier alpha value is -3.56. The van der Waals surface area contributed by atoms with Crippen LogP contribution < -0.4 is 5.73 Å². The summed E-state index contributed by atoms with van der Waals surface area (Å²) in [6, 6.07) is 8.37. The molecule has 33 heavy (non-hydrogen) atoms. The van der Waals surface area contributed by atoms with Crippen molar-refractivity contribution < 1.29 is 34.8 Å². The molecule has 9 heteroatoms. The zero-order valence-electron chi connectivity index (χ0n) is 17.4. The fourth-order valence-electron chi connectivity index (χ4n) is 5.69. The summed E-state index contributed by atoms with van der Waals surface area (Å²) in [5.41, 5.74) is 4.39. The minimum atomic E-state index is -2.51. The van der Waals surface area contributed by atoms with Crippen LogP contribution in [0.4, 0.5) is 0 Å². The Balaban J connectivity index is 1.68. The summed E-state index contributed by atoms with van der Waals surface area (Å²) < 4.78 is 0. The second-order valence-electron chi connectivity index (χ2n) is 8.94. The number of aromatic nitrogens is 1. The number of amides is 1. The molecule has 1 heterocycles. The minimum absolute atomic E-state index is 0.0206. The lowest BCUT2D eigenvalue weighted by Gasteiger charge is -2.48. The number of aliphatic hydroxyl groups excluding tert-OH is 2. The molecule has 1 aromatic carbocycles. The van der Waals surface area contributed by atoms with Gasteiger partial charge in [0.05, 0.1) is 17.4 Å². The third kappa shape index (κ3) is 2.86. The number of primary amides is 1. The van der Waals surface area contributed by atoms with Crippen molar-refractivity contribution in [3.8, 4) is 17.0 Å². The average molecular weight is 450 g/mol. The van der Waals surface area contributed by atoms with Crippen molar-refractivity contribution in [2.75, 3.05) is 0 Å². The largest absolute Gasteiger partial charge is 0.508 e. The second kappa shape index (κ2) is 7.23. The summed E-state index contributed by atoms with van der Waals surface area (Å²) in [6.45, 7) is 0. The van der Waals surface area contributed by atoms with Gasteiger partial charge in [-0.05, 0) is 55.0 Å². The highest BCUT2D eigenvalue weighted by atomic mass is 16.3. The lowest BCUT2D eigenvalue weighted by atomic mass is 9.57. The molecule has 6 N–H and O–H groups in total. The van der Waals surface area contributed by atoms with Crippen LogP contribution in [0.1, 0.15) is 28.8 Å². The number of carbonyl (C=O) groups is 3. The van der Waals surface area contributed by atoms with Crippen molar-refractivity contribution in [1.82, 2.24) is 4.98 Å². The molecule has 0 spiro atoms. The first-order valence-corrected chi connectivity index (χ1v) is 10.6. The summed E-state index contributed by atoms with van der Waals surface area (Å²) in [5.74, 6) is -7.22. The highest BCUT2D eigenvalue weighted by molar-refractivity contribution is 6.16. The van der Waals surface area contributed by atoms with E-state index in [1.165, 1.54) is 6.07 Å². The Morgan fingerprint density at radius 2 is 1.88 bits per heavy atom. The molecule has 1 fully saturated rings. The van der Waals surface area contributed by atoms with E-state index in [1.54, 1.807) is 30.5 Å². The van der Waals surface area contributed by atoms with Crippen molar-refractivity contribution >= 4 is 17.5 Å². The monoisotopic (exact) mass is 450 g/mol. The van der Waals surface area contributed by atoms with E-state index in [0.29, 0.717) is 16.8 Å². The smallest absolute Gasteiger partial charge is 0.230 e. The van der Waals surface area contributed by atoms with E-state index in [0.717, 1.165) is 0 Å². The molecule has 5 atom stereocenters. The third-order valence-electron chi connectivity index (χ3n) is 7.21. The van der Waals surface area contributed by atoms with E-state index >= 15 is 0 Å². The number of nitrogens with zero attached hydrogens (tertiary/aromatic N) is 1. The number of hydrogen-bond donors (Lipinski definition) is 5. The van der Waals surface area contributed by atoms with E-state index in [-0.39, 0.29) is 36.1 Å². The Labute approximate surface area is 188 Å². The number of aromatic hydroxyl groups is 1. The number of phenols is 1. The number of pyridine rings is 1. The molecule has 9 nitrogen and oxygen atoms in total. The van der Waals surface area contributed by atoms with Gasteiger partial charge in [-0.3, -0.25) is 19.4 Å². The van der Waals surface area contributed by atoms with Gasteiger partial charge >= 0.3 is 0 Å². The van der Waals surface area contributed by atoms with Crippen LogP contribution in [-0.2, 0) is 16.0 Å². The quantitative estimate of drug-likeness (QED) is 0.418. The Kier molecular flexibility index (Phi) is 4.66. The van der Waals surface area contributed by atoms with Gasteiger partial charge in [-0.2, -0.15) is 0 Å². The lowest BCUT2D eigenvalue weighted by Crippen LogP contribution is -2.63. The molecule has 2 aromatic rings. The highest BCUT2D eigenvalue weighted by Crippen LogP contribution is 2.52. The van der Waals surface area contributed by atoms with Gasteiger partial charge in [-0.15, -0.1) is 0 Å². The zero-order valence-corrected chi connectivity index (χ0v) is 17.4. The molecule has 5 rings (SSSR count). The van der Waals surface area contributed by atoms with Crippen molar-refractivity contribution in [2.24, 2.45) is 23.5 Å². The van der Waals surface area contributed by atoms with E-state index in [9.17, 15) is 34.8 Å². The molecule has 1 amide bonds. The van der Waals surface area contributed by atoms with Crippen molar-refractivity contribution in [2.45, 2.75) is 31.0 Å². The first-order chi connectivity index (χ1) is 15.7. The average Bonchev–Trinajstić information content (AvgIpc) is 2.76. The zero-order chi connectivity index (χ0) is 23.7. The normalized spacial score (nSPS) is 31.0. The summed E-state index contributed by atoms with van der Waals surface area (Å²) in [6.07, 6.45) is 0.442. The second-order valence-corrected chi connectivity index (χ2v) is 8.94. The number of carbonyl (C=O) groups excluding carboxylic acids is 3. The number of phenolic OH excluding ortho intramolecular Hbond substituents is 1. The first kappa shape index (κ1) is 21.3. The third-order valence-corrected chi connectivity index (χ3v) is 7.21. The molecule has 1 saturated carbocycles. The number of allylic oxidation sites excluding steroid dienone is 1. The predicted molar refractivity (Wildman–Crippen MR) is 114 cm³/mol. The fourth-order valence-corrected chi connectivity index (χ4v) is 5.69. The van der Waals surface area contributed by atoms with E-state index in [1.807, 2.05) is 0 Å². The molecule has 1 aromatic heterocycles. The van der Waals surface area contributed by atoms with Gasteiger partial charge < -0.3 is 26.2 Å². The van der Waals surface area contributed by atoms with E-state index in [2.05, 4.69) is 4.98 Å². The number of aliphatic hydroxyl groups is 3. The van der Waals surface area contributed by atoms with Crippen LogP contribution in [0.5, 0.6) is 5.75 Å². The van der Waals surface area contributed by atoms with Gasteiger partial charge in [0, 0.05) is 23.3 Å². The summed E-state index contributed by atoms with van der Waals surface area (Å²) >= 11 is 0. The molecular formula is C24H22N2O7. The molecule has 2 unspecified atom stereocenters. The topological polar surface area (TPSA) is 171 Å². The minimum Gasteiger partial charge on any atom is -0.508 e. The predicted octanol–water partition coefficient (Wildman–Crippen LogP) is 0.807. The maximum atomic E-state index is 13.5. The summed E-state index contributed by atoms with van der Waals surface area (Å²) in [5, 5.41) is 43.2. The molecule has 170 valence electrons. The number of hydrogen-bond acceptors (Lipinski definition) is 8. The van der Waals surface area contributed by atoms with Crippen LogP contribution in [0, 0.1) is 17.8 Å². The summed E-state index contributed by atoms with van der Waals surface area (Å²) in [4.78, 5) is 42.6. The summed E-state index contributed by atoms with van der Waals surface area (Å²) in [7, 11) is 0. The van der Waals surface area contributed by atoms with Gasteiger partial charge in [0.25, 0.3) is 0 Å². The SMILES string of the molecule is NC(=O)C1C(=O)[C@@]2(O)C(O)=C3C(=O)c4c(O)ccc(-c5ccccn5)c4C[C@H]3C[C@H]2CC1O. The van der Waals surface area contributed by atoms with Gasteiger partial charge in [0.1, 0.15) is 17.4 Å². The number of benzene rings is 1. The van der Waals surface area contributed by atoms with Gasteiger partial charge in [-0.25, -0.2) is 0 Å². The molecule has 0 radical (unpaired) electrons. The number of fused-ring (bicyclic) bond motifs is 3. The molecule has 0 saturated heterocycles. The maximum absolute atomic E-state index is 13.5. The van der Waals surface area contributed by atoms with Gasteiger partial charge in [0.2, 0.25) is 5.91 Å². The standard InChI is InChI=1S/C24H22N2O7/c25-23(32)19-16(28)9-11-7-10-8-13-12(14-3-1-2-6-26-14)4-5-15(27)18(13)20(29)17(10)21(30)24(11,33)22(19)31/h1-6,10-11,16,19,27-28,30,33H,7-9H2,(H2,25,32)/t10-,11+,16?,19?,24+/m1/s1. The Bertz CT molecular complexity index is 1240. The van der Waals surface area contributed by atoms with Crippen LogP contribution >= 0.6 is 0 Å². The molecular weight excluding hydrogens is 428 g/mol. The number of nitrogens with two attached hydrogens (primary N) is 1. The van der Waals surface area contributed by atoms with E-state index in [4.69, 9.17) is 5.73 Å². The molecule has 0 bridgehead atoms.